The molecule has 10 heteroatoms. The summed E-state index contributed by atoms with van der Waals surface area (Å²) in [6.07, 6.45) is -2.29. The van der Waals surface area contributed by atoms with E-state index in [-0.39, 0.29) is 18.2 Å². The van der Waals surface area contributed by atoms with E-state index in [4.69, 9.17) is 23.2 Å². The van der Waals surface area contributed by atoms with Gasteiger partial charge in [-0.05, 0) is 12.1 Å². The van der Waals surface area contributed by atoms with E-state index in [0.29, 0.717) is 34.3 Å². The summed E-state index contributed by atoms with van der Waals surface area (Å²) in [5.41, 5.74) is -1.40. The lowest BCUT2D eigenvalue weighted by Crippen LogP contribution is -2.68. The largest absolute Gasteiger partial charge is 0.508 e. The number of benzene rings is 1. The van der Waals surface area contributed by atoms with E-state index in [9.17, 15) is 23.4 Å². The molecule has 1 unspecified atom stereocenters. The smallest absolute Gasteiger partial charge is 0.419 e. The predicted octanol–water partition coefficient (Wildman–Crippen LogP) is 3.34. The number of fused-ring (bicyclic) bond motifs is 1. The van der Waals surface area contributed by atoms with Crippen LogP contribution in [0.1, 0.15) is 23.0 Å². The van der Waals surface area contributed by atoms with E-state index >= 15 is 0 Å². The van der Waals surface area contributed by atoms with Crippen molar-refractivity contribution in [1.82, 2.24) is 14.5 Å². The minimum Gasteiger partial charge on any atom is -0.508 e. The van der Waals surface area contributed by atoms with Crippen molar-refractivity contribution in [3.05, 3.63) is 45.5 Å². The van der Waals surface area contributed by atoms with Crippen molar-refractivity contribution in [1.29, 1.82) is 0 Å². The third-order valence-electron chi connectivity index (χ3n) is 5.16. The minimum absolute atomic E-state index is 0.0763. The molecule has 4 rings (SSSR count). The first-order valence-electron chi connectivity index (χ1n) is 8.30. The number of aliphatic hydroxyl groups is 1. The summed E-state index contributed by atoms with van der Waals surface area (Å²) in [6.45, 7) is -0.116. The molecule has 1 aromatic carbocycles. The van der Waals surface area contributed by atoms with Gasteiger partial charge in [0.15, 0.2) is 5.60 Å². The van der Waals surface area contributed by atoms with Crippen LogP contribution in [0.2, 0.25) is 10.0 Å². The standard InChI is InChI=1S/C17H16Cl2F3N3O2/c18-11-1-2-12(26)14(15(11)19)9-3-13-23-10(6-25(13)4-9)5-24-7-16(27,8-24)17(20,21)22/h1-2,6,9,26-27H,3-5,7-8H2. The Hall–Kier alpha value is -1.48. The molecule has 3 heterocycles. The maximum absolute atomic E-state index is 12.7. The molecule has 2 aliphatic heterocycles. The number of nitrogens with zero attached hydrogens (tertiary/aromatic N) is 3. The highest BCUT2D eigenvalue weighted by atomic mass is 35.5. The number of likely N-dealkylation sites (tertiary alicyclic amines) is 1. The number of hydrogen-bond donors (Lipinski definition) is 2. The first-order chi connectivity index (χ1) is 12.6. The van der Waals surface area contributed by atoms with Crippen molar-refractivity contribution in [3.8, 4) is 5.75 Å². The molecular weight excluding hydrogens is 406 g/mol. The molecule has 1 fully saturated rings. The summed E-state index contributed by atoms with van der Waals surface area (Å²) >= 11 is 12.3. The average molecular weight is 422 g/mol. The van der Waals surface area contributed by atoms with Gasteiger partial charge in [-0.15, -0.1) is 0 Å². The minimum atomic E-state index is -4.62. The van der Waals surface area contributed by atoms with E-state index in [0.717, 1.165) is 5.82 Å². The molecule has 2 N–H and O–H groups in total. The average Bonchev–Trinajstić information content (AvgIpc) is 3.07. The van der Waals surface area contributed by atoms with E-state index in [1.54, 1.807) is 6.20 Å². The summed E-state index contributed by atoms with van der Waals surface area (Å²) in [6, 6.07) is 3.03. The maximum Gasteiger partial charge on any atom is 0.419 e. The molecule has 5 nitrogen and oxygen atoms in total. The van der Waals surface area contributed by atoms with Crippen LogP contribution in [0.25, 0.3) is 0 Å². The number of aromatic nitrogens is 2. The van der Waals surface area contributed by atoms with Gasteiger partial charge in [0.05, 0.1) is 15.7 Å². The van der Waals surface area contributed by atoms with Gasteiger partial charge >= 0.3 is 6.18 Å². The molecule has 146 valence electrons. The summed E-state index contributed by atoms with van der Waals surface area (Å²) in [5.74, 6) is 0.775. The molecule has 0 bridgehead atoms. The predicted molar refractivity (Wildman–Crippen MR) is 93.1 cm³/mol. The van der Waals surface area contributed by atoms with Gasteiger partial charge in [0.1, 0.15) is 11.6 Å². The number of alkyl halides is 3. The van der Waals surface area contributed by atoms with Crippen LogP contribution in [0.15, 0.2) is 18.3 Å². The number of β-amino-alcohol motifs (C(OH)–C–C–N with tert-alkyl or cyclic N) is 1. The number of phenols is 1. The van der Waals surface area contributed by atoms with Crippen molar-refractivity contribution >= 4 is 23.2 Å². The van der Waals surface area contributed by atoms with Crippen LogP contribution in [0.3, 0.4) is 0 Å². The van der Waals surface area contributed by atoms with Gasteiger partial charge in [-0.2, -0.15) is 13.2 Å². The third-order valence-corrected chi connectivity index (χ3v) is 5.98. The van der Waals surface area contributed by atoms with Gasteiger partial charge in [0, 0.05) is 50.3 Å². The number of imidazole rings is 1. The molecule has 0 radical (unpaired) electrons. The van der Waals surface area contributed by atoms with Gasteiger partial charge in [-0.3, -0.25) is 4.90 Å². The van der Waals surface area contributed by atoms with Crippen molar-refractivity contribution < 1.29 is 23.4 Å². The Morgan fingerprint density at radius 1 is 1.26 bits per heavy atom. The quantitative estimate of drug-likeness (QED) is 0.797. The van der Waals surface area contributed by atoms with Crippen molar-refractivity contribution in [3.63, 3.8) is 0 Å². The van der Waals surface area contributed by atoms with Crippen molar-refractivity contribution in [2.75, 3.05) is 13.1 Å². The molecule has 0 saturated carbocycles. The molecule has 1 saturated heterocycles. The van der Waals surface area contributed by atoms with Crippen LogP contribution in [0.5, 0.6) is 5.75 Å². The molecule has 0 amide bonds. The lowest BCUT2D eigenvalue weighted by atomic mass is 9.93. The van der Waals surface area contributed by atoms with Crippen LogP contribution in [-0.2, 0) is 19.5 Å². The molecule has 0 aliphatic carbocycles. The summed E-state index contributed by atoms with van der Waals surface area (Å²) in [7, 11) is 0. The molecule has 2 aromatic rings. The molecule has 0 spiro atoms. The molecule has 1 aromatic heterocycles. The molecular formula is C17H16Cl2F3N3O2. The zero-order valence-corrected chi connectivity index (χ0v) is 15.5. The number of hydrogen-bond acceptors (Lipinski definition) is 4. The Labute approximate surface area is 162 Å². The van der Waals surface area contributed by atoms with Gasteiger partial charge in [0.25, 0.3) is 0 Å². The van der Waals surface area contributed by atoms with Crippen LogP contribution in [0.4, 0.5) is 13.2 Å². The Morgan fingerprint density at radius 2 is 1.96 bits per heavy atom. The van der Waals surface area contributed by atoms with E-state index in [2.05, 4.69) is 4.98 Å². The van der Waals surface area contributed by atoms with E-state index in [1.807, 2.05) is 4.57 Å². The zero-order chi connectivity index (χ0) is 19.6. The summed E-state index contributed by atoms with van der Waals surface area (Å²) in [4.78, 5) is 5.98. The normalized spacial score (nSPS) is 21.9. The molecule has 27 heavy (non-hydrogen) atoms. The molecule has 1 atom stereocenters. The zero-order valence-electron chi connectivity index (χ0n) is 14.0. The Balaban J connectivity index is 1.43. The number of phenolic OH excluding ortho intramolecular Hbond substituents is 1. The highest BCUT2D eigenvalue weighted by Crippen LogP contribution is 2.42. The van der Waals surface area contributed by atoms with Gasteiger partial charge in [-0.25, -0.2) is 4.98 Å². The van der Waals surface area contributed by atoms with Crippen molar-refractivity contribution in [2.45, 2.75) is 37.2 Å². The Kier molecular flexibility index (Phi) is 4.38. The van der Waals surface area contributed by atoms with Gasteiger partial charge in [0.2, 0.25) is 0 Å². The van der Waals surface area contributed by atoms with Crippen molar-refractivity contribution in [2.24, 2.45) is 0 Å². The highest BCUT2D eigenvalue weighted by molar-refractivity contribution is 6.42. The lowest BCUT2D eigenvalue weighted by Gasteiger charge is -2.46. The van der Waals surface area contributed by atoms with Crippen LogP contribution < -0.4 is 0 Å². The topological polar surface area (TPSA) is 61.5 Å². The summed E-state index contributed by atoms with van der Waals surface area (Å²) < 4.78 is 40.0. The monoisotopic (exact) mass is 421 g/mol. The first kappa shape index (κ1) is 18.9. The second-order valence-electron chi connectivity index (χ2n) is 7.17. The fourth-order valence-electron chi connectivity index (χ4n) is 3.78. The van der Waals surface area contributed by atoms with Gasteiger partial charge < -0.3 is 14.8 Å². The summed E-state index contributed by atoms with van der Waals surface area (Å²) in [5, 5.41) is 20.3. The lowest BCUT2D eigenvalue weighted by molar-refractivity contribution is -0.302. The number of aromatic hydroxyl groups is 1. The highest BCUT2D eigenvalue weighted by Gasteiger charge is 2.60. The van der Waals surface area contributed by atoms with Crippen LogP contribution in [0, 0.1) is 0 Å². The fraction of sp³-hybridized carbons (Fsp3) is 0.471. The van der Waals surface area contributed by atoms with Crippen LogP contribution >= 0.6 is 23.2 Å². The van der Waals surface area contributed by atoms with E-state index in [1.165, 1.54) is 17.0 Å². The first-order valence-corrected chi connectivity index (χ1v) is 9.06. The third kappa shape index (κ3) is 3.18. The number of rotatable bonds is 3. The number of halogens is 5. The van der Waals surface area contributed by atoms with Crippen LogP contribution in [-0.4, -0.2) is 49.5 Å². The fourth-order valence-corrected chi connectivity index (χ4v) is 4.26. The SMILES string of the molecule is Oc1ccc(Cl)c(Cl)c1C1Cc2nc(CN3CC(O)(C(F)(F)F)C3)cn2C1. The Bertz CT molecular complexity index is 871. The second-order valence-corrected chi connectivity index (χ2v) is 7.96. The Morgan fingerprint density at radius 3 is 2.59 bits per heavy atom. The maximum atomic E-state index is 12.7. The van der Waals surface area contributed by atoms with Gasteiger partial charge in [-0.1, -0.05) is 23.2 Å². The molecule has 2 aliphatic rings. The van der Waals surface area contributed by atoms with E-state index < -0.39 is 24.9 Å². The second kappa shape index (κ2) is 6.27.